The highest BCUT2D eigenvalue weighted by Gasteiger charge is 2.30. The second-order valence-electron chi connectivity index (χ2n) is 24.3. The van der Waals surface area contributed by atoms with Crippen LogP contribution in [0.15, 0.2) is 0 Å². The Kier molecular flexibility index (Phi) is 58.3. The van der Waals surface area contributed by atoms with Crippen molar-refractivity contribution in [3.8, 4) is 0 Å². The number of rotatable bonds is 66. The third-order valence-electron chi connectivity index (χ3n) is 15.3. The van der Waals surface area contributed by atoms with Crippen molar-refractivity contribution in [2.24, 2.45) is 5.92 Å². The topological polar surface area (TPSA) is 237 Å². The van der Waals surface area contributed by atoms with Crippen molar-refractivity contribution in [3.05, 3.63) is 0 Å². The summed E-state index contributed by atoms with van der Waals surface area (Å²) in [4.78, 5) is 72.1. The fourth-order valence-corrected chi connectivity index (χ4v) is 11.5. The summed E-state index contributed by atoms with van der Waals surface area (Å²) >= 11 is 0. The van der Waals surface area contributed by atoms with Gasteiger partial charge in [-0.25, -0.2) is 9.13 Å². The molecule has 85 heavy (non-hydrogen) atoms. The molecule has 0 bridgehead atoms. The number of esters is 4. The van der Waals surface area contributed by atoms with Crippen molar-refractivity contribution in [1.29, 1.82) is 0 Å². The Hall–Kier alpha value is -1.94. The van der Waals surface area contributed by atoms with Gasteiger partial charge in [-0.1, -0.05) is 285 Å². The summed E-state index contributed by atoms with van der Waals surface area (Å²) < 4.78 is 67.9. The van der Waals surface area contributed by atoms with Crippen LogP contribution < -0.4 is 0 Å². The number of phosphoric ester groups is 2. The van der Waals surface area contributed by atoms with Crippen LogP contribution in [0.2, 0.25) is 0 Å². The zero-order valence-electron chi connectivity index (χ0n) is 54.7. The molecule has 19 heteroatoms. The minimum Gasteiger partial charge on any atom is -0.462 e. The highest BCUT2D eigenvalue weighted by atomic mass is 31.2. The zero-order chi connectivity index (χ0) is 62.8. The number of aliphatic hydroxyl groups is 1. The SMILES string of the molecule is CCCCCCCCCCCCCCCCCCCC(=O)O[C@H](COC(=O)CCCCCCCCCCCCC(C)C)COP(=O)(O)OC[C@@H](O)COP(=O)(O)OC[C@@H](COC(=O)CCCCCCC)OC(=O)CCCCCCCCCCCC. The van der Waals surface area contributed by atoms with Gasteiger partial charge in [0.05, 0.1) is 26.4 Å². The maximum atomic E-state index is 13.0. The van der Waals surface area contributed by atoms with Crippen molar-refractivity contribution in [3.63, 3.8) is 0 Å². The molecule has 0 aromatic carbocycles. The first kappa shape index (κ1) is 83.1. The van der Waals surface area contributed by atoms with E-state index in [0.29, 0.717) is 25.7 Å². The van der Waals surface area contributed by atoms with Crippen molar-refractivity contribution in [2.75, 3.05) is 39.6 Å². The summed E-state index contributed by atoms with van der Waals surface area (Å²) in [5.74, 6) is -1.38. The number of unbranched alkanes of at least 4 members (excludes halogenated alkanes) is 38. The molecule has 2 unspecified atom stereocenters. The fourth-order valence-electron chi connectivity index (χ4n) is 9.94. The van der Waals surface area contributed by atoms with Crippen LogP contribution in [0, 0.1) is 5.92 Å². The second-order valence-corrected chi connectivity index (χ2v) is 27.2. The molecular formula is C66H128O17P2. The van der Waals surface area contributed by atoms with E-state index in [0.717, 1.165) is 102 Å². The fraction of sp³-hybridized carbons (Fsp3) is 0.939. The van der Waals surface area contributed by atoms with Crippen LogP contribution in [-0.4, -0.2) is 96.7 Å². The molecule has 0 spiro atoms. The average Bonchev–Trinajstić information content (AvgIpc) is 3.56. The molecule has 3 N–H and O–H groups in total. The molecule has 17 nitrogen and oxygen atoms in total. The monoisotopic (exact) mass is 1250 g/mol. The third-order valence-corrected chi connectivity index (χ3v) is 17.2. The van der Waals surface area contributed by atoms with Crippen LogP contribution in [0.3, 0.4) is 0 Å². The number of phosphoric acid groups is 2. The molecule has 0 radical (unpaired) electrons. The van der Waals surface area contributed by atoms with Crippen LogP contribution in [0.25, 0.3) is 0 Å². The Bertz CT molecular complexity index is 1650. The van der Waals surface area contributed by atoms with E-state index in [1.165, 1.54) is 154 Å². The van der Waals surface area contributed by atoms with Crippen molar-refractivity contribution in [1.82, 2.24) is 0 Å². The van der Waals surface area contributed by atoms with E-state index in [-0.39, 0.29) is 25.7 Å². The molecule has 0 aromatic heterocycles. The second kappa shape index (κ2) is 59.7. The summed E-state index contributed by atoms with van der Waals surface area (Å²) in [6.07, 6.45) is 44.8. The smallest absolute Gasteiger partial charge is 0.462 e. The molecule has 0 aliphatic rings. The third kappa shape index (κ3) is 60.7. The Morgan fingerprint density at radius 3 is 0.800 bits per heavy atom. The van der Waals surface area contributed by atoms with Crippen LogP contribution in [-0.2, 0) is 65.4 Å². The molecule has 0 rings (SSSR count). The molecule has 0 aliphatic carbocycles. The summed E-state index contributed by atoms with van der Waals surface area (Å²) in [5, 5.41) is 10.5. The van der Waals surface area contributed by atoms with Gasteiger partial charge >= 0.3 is 39.5 Å². The first-order chi connectivity index (χ1) is 41.0. The number of ether oxygens (including phenoxy) is 4. The van der Waals surface area contributed by atoms with Gasteiger partial charge in [0.25, 0.3) is 0 Å². The van der Waals surface area contributed by atoms with Crippen LogP contribution in [0.4, 0.5) is 0 Å². The summed E-state index contributed by atoms with van der Waals surface area (Å²) in [5.41, 5.74) is 0. The lowest BCUT2D eigenvalue weighted by atomic mass is 10.0. The average molecular weight is 1260 g/mol. The molecule has 504 valence electrons. The number of aliphatic hydroxyl groups excluding tert-OH is 1. The lowest BCUT2D eigenvalue weighted by Gasteiger charge is -2.21. The normalized spacial score (nSPS) is 14.2. The first-order valence-electron chi connectivity index (χ1n) is 34.6. The van der Waals surface area contributed by atoms with Gasteiger partial charge in [-0.05, 0) is 31.6 Å². The maximum Gasteiger partial charge on any atom is 0.472 e. The van der Waals surface area contributed by atoms with Crippen molar-refractivity contribution < 1.29 is 80.2 Å². The summed E-state index contributed by atoms with van der Waals surface area (Å²) in [7, 11) is -9.88. The Labute approximate surface area is 517 Å². The van der Waals surface area contributed by atoms with E-state index in [9.17, 15) is 43.2 Å². The molecule has 0 heterocycles. The van der Waals surface area contributed by atoms with Gasteiger partial charge < -0.3 is 33.8 Å². The van der Waals surface area contributed by atoms with Crippen LogP contribution in [0.5, 0.6) is 0 Å². The predicted octanol–water partition coefficient (Wildman–Crippen LogP) is 18.6. The van der Waals surface area contributed by atoms with E-state index in [1.54, 1.807) is 0 Å². The lowest BCUT2D eigenvalue weighted by molar-refractivity contribution is -0.161. The maximum absolute atomic E-state index is 13.0. The quantitative estimate of drug-likeness (QED) is 0.0222. The number of carbonyl (C=O) groups is 4. The number of carbonyl (C=O) groups excluding carboxylic acids is 4. The minimum atomic E-state index is -4.95. The van der Waals surface area contributed by atoms with Gasteiger partial charge in [-0.2, -0.15) is 0 Å². The van der Waals surface area contributed by atoms with Gasteiger partial charge in [0, 0.05) is 25.7 Å². The Morgan fingerprint density at radius 1 is 0.318 bits per heavy atom. The largest absolute Gasteiger partial charge is 0.472 e. The zero-order valence-corrected chi connectivity index (χ0v) is 56.5. The number of hydrogen-bond acceptors (Lipinski definition) is 15. The standard InChI is InChI=1S/C66H128O17P2/c1-6-9-12-15-17-19-21-22-23-24-25-26-27-33-37-42-47-52-66(71)83-62(56-77-64(69)50-45-40-35-32-29-28-30-34-39-43-48-59(4)5)58-81-85(74,75)79-54-60(67)53-78-84(72,73)80-57-61(55-76-63(68)49-44-38-14-11-8-3)82-65(70)51-46-41-36-31-20-18-16-13-10-7-2/h59-62,67H,6-58H2,1-5H3,(H,72,73)(H,74,75)/t60-,61+,62+/m0/s1. The van der Waals surface area contributed by atoms with Crippen molar-refractivity contribution >= 4 is 39.5 Å². The highest BCUT2D eigenvalue weighted by molar-refractivity contribution is 7.47. The molecule has 5 atom stereocenters. The molecule has 0 aliphatic heterocycles. The molecule has 0 saturated heterocycles. The lowest BCUT2D eigenvalue weighted by Crippen LogP contribution is -2.30. The summed E-state index contributed by atoms with van der Waals surface area (Å²) in [6.45, 7) is 7.12. The van der Waals surface area contributed by atoms with E-state index < -0.39 is 97.5 Å². The van der Waals surface area contributed by atoms with Gasteiger partial charge in [0.15, 0.2) is 12.2 Å². The highest BCUT2D eigenvalue weighted by Crippen LogP contribution is 2.45. The van der Waals surface area contributed by atoms with Gasteiger partial charge in [-0.3, -0.25) is 37.3 Å². The predicted molar refractivity (Wildman–Crippen MR) is 340 cm³/mol. The van der Waals surface area contributed by atoms with E-state index in [2.05, 4.69) is 34.6 Å². The summed E-state index contributed by atoms with van der Waals surface area (Å²) in [6, 6.07) is 0. The minimum absolute atomic E-state index is 0.106. The van der Waals surface area contributed by atoms with Crippen LogP contribution in [0.1, 0.15) is 336 Å². The van der Waals surface area contributed by atoms with Crippen molar-refractivity contribution in [2.45, 2.75) is 355 Å². The molecule has 0 aromatic rings. The first-order valence-corrected chi connectivity index (χ1v) is 37.6. The Balaban J connectivity index is 5.16. The Morgan fingerprint density at radius 2 is 0.541 bits per heavy atom. The molecule has 0 amide bonds. The molecule has 0 saturated carbocycles. The van der Waals surface area contributed by atoms with Crippen LogP contribution >= 0.6 is 15.6 Å². The molecule has 0 fully saturated rings. The van der Waals surface area contributed by atoms with E-state index in [1.807, 2.05) is 0 Å². The van der Waals surface area contributed by atoms with Gasteiger partial charge in [0.1, 0.15) is 19.3 Å². The van der Waals surface area contributed by atoms with Gasteiger partial charge in [0.2, 0.25) is 0 Å². The van der Waals surface area contributed by atoms with Gasteiger partial charge in [-0.15, -0.1) is 0 Å². The molecular weight excluding hydrogens is 1130 g/mol. The number of hydrogen-bond donors (Lipinski definition) is 3. The van der Waals surface area contributed by atoms with E-state index >= 15 is 0 Å². The van der Waals surface area contributed by atoms with E-state index in [4.69, 9.17) is 37.0 Å².